The number of nitro benzene ring substituents is 1. The number of hydrogen-bond donors (Lipinski definition) is 2. The predicted molar refractivity (Wildman–Crippen MR) is 118 cm³/mol. The number of nitrogens with zero attached hydrogens (tertiary/aromatic N) is 2. The normalized spacial score (nSPS) is 16.9. The van der Waals surface area contributed by atoms with E-state index in [1.165, 1.54) is 16.4 Å². The molecule has 2 aromatic rings. The van der Waals surface area contributed by atoms with Crippen molar-refractivity contribution in [2.75, 3.05) is 38.4 Å². The van der Waals surface area contributed by atoms with Crippen LogP contribution >= 0.6 is 0 Å². The lowest BCUT2D eigenvalue weighted by Gasteiger charge is -2.25. The number of anilines is 1. The Morgan fingerprint density at radius 2 is 1.88 bits per heavy atom. The highest BCUT2D eigenvalue weighted by Crippen LogP contribution is 2.35. The zero-order chi connectivity index (χ0) is 23.4. The number of ether oxygens (including phenoxy) is 3. The molecule has 1 atom stereocenters. The van der Waals surface area contributed by atoms with Crippen molar-refractivity contribution in [2.24, 2.45) is 0 Å². The molecule has 2 aliphatic rings. The maximum absolute atomic E-state index is 12.8. The first-order chi connectivity index (χ1) is 15.8. The highest BCUT2D eigenvalue weighted by Gasteiger charge is 2.28. The first-order valence-corrected chi connectivity index (χ1v) is 12.0. The molecule has 0 bridgehead atoms. The van der Waals surface area contributed by atoms with Gasteiger partial charge in [-0.1, -0.05) is 6.42 Å². The minimum absolute atomic E-state index is 0.0381. The van der Waals surface area contributed by atoms with E-state index in [0.717, 1.165) is 25.3 Å². The van der Waals surface area contributed by atoms with E-state index in [1.807, 2.05) is 0 Å². The number of aliphatic hydroxyl groups excluding tert-OH is 1. The lowest BCUT2D eigenvalue weighted by atomic mass is 10.2. The van der Waals surface area contributed by atoms with Crippen molar-refractivity contribution in [1.82, 2.24) is 4.31 Å². The third kappa shape index (κ3) is 5.29. The zero-order valence-corrected chi connectivity index (χ0v) is 18.6. The van der Waals surface area contributed by atoms with E-state index in [0.29, 0.717) is 30.3 Å². The topological polar surface area (TPSA) is 140 Å². The van der Waals surface area contributed by atoms with Gasteiger partial charge < -0.3 is 24.6 Å². The lowest BCUT2D eigenvalue weighted by molar-refractivity contribution is -0.384. The molecular formula is C21H25N3O8S. The maximum Gasteiger partial charge on any atom is 0.293 e. The molecule has 2 heterocycles. The molecule has 0 amide bonds. The van der Waals surface area contributed by atoms with Gasteiger partial charge in [0, 0.05) is 31.8 Å². The van der Waals surface area contributed by atoms with Crippen molar-refractivity contribution in [1.29, 1.82) is 0 Å². The summed E-state index contributed by atoms with van der Waals surface area (Å²) in [5.74, 6) is 1.65. The Morgan fingerprint density at radius 3 is 2.64 bits per heavy atom. The largest absolute Gasteiger partial charge is 0.491 e. The number of aliphatic hydroxyl groups is 1. The molecule has 0 radical (unpaired) electrons. The second-order valence-electron chi connectivity index (χ2n) is 7.76. The smallest absolute Gasteiger partial charge is 0.293 e. The van der Waals surface area contributed by atoms with Gasteiger partial charge in [-0.05, 0) is 37.1 Å². The van der Waals surface area contributed by atoms with Crippen molar-refractivity contribution >= 4 is 21.4 Å². The second kappa shape index (κ2) is 9.81. The molecule has 1 fully saturated rings. The quantitative estimate of drug-likeness (QED) is 0.409. The molecule has 11 nitrogen and oxygen atoms in total. The average molecular weight is 480 g/mol. The fourth-order valence-corrected chi connectivity index (χ4v) is 5.21. The van der Waals surface area contributed by atoms with Crippen LogP contribution in [-0.4, -0.2) is 61.9 Å². The molecule has 2 aromatic carbocycles. The molecule has 0 aromatic heterocycles. The molecule has 4 rings (SSSR count). The number of nitro groups is 1. The van der Waals surface area contributed by atoms with Crippen LogP contribution in [0.4, 0.5) is 11.4 Å². The van der Waals surface area contributed by atoms with Gasteiger partial charge in [-0.25, -0.2) is 8.42 Å². The first kappa shape index (κ1) is 23.1. The maximum atomic E-state index is 12.8. The number of fused-ring (bicyclic) bond motifs is 1. The van der Waals surface area contributed by atoms with Crippen molar-refractivity contribution in [3.05, 3.63) is 46.5 Å². The standard InChI is InChI=1S/C21H25N3O8S/c25-15(13-30-16-4-7-20-21(10-16)32-14-31-20)12-22-18-6-5-17(11-19(18)24(26)27)33(28,29)23-8-2-1-3-9-23/h4-7,10-11,15,22,25H,1-3,8-9,12-14H2. The number of sulfonamides is 1. The summed E-state index contributed by atoms with van der Waals surface area (Å²) in [5, 5.41) is 24.6. The third-order valence-corrected chi connectivity index (χ3v) is 7.33. The van der Waals surface area contributed by atoms with Gasteiger partial charge in [-0.3, -0.25) is 10.1 Å². The Morgan fingerprint density at radius 1 is 1.12 bits per heavy atom. The van der Waals surface area contributed by atoms with Gasteiger partial charge in [0.25, 0.3) is 5.69 Å². The minimum Gasteiger partial charge on any atom is -0.491 e. The highest BCUT2D eigenvalue weighted by molar-refractivity contribution is 7.89. The van der Waals surface area contributed by atoms with Gasteiger partial charge in [0.1, 0.15) is 24.1 Å². The molecular weight excluding hydrogens is 454 g/mol. The first-order valence-electron chi connectivity index (χ1n) is 10.6. The van der Waals surface area contributed by atoms with Crippen molar-refractivity contribution < 1.29 is 32.7 Å². The van der Waals surface area contributed by atoms with Gasteiger partial charge in [-0.15, -0.1) is 0 Å². The summed E-state index contributed by atoms with van der Waals surface area (Å²) in [6.07, 6.45) is 1.53. The summed E-state index contributed by atoms with van der Waals surface area (Å²) >= 11 is 0. The number of rotatable bonds is 9. The molecule has 12 heteroatoms. The van der Waals surface area contributed by atoms with Crippen LogP contribution in [0.25, 0.3) is 0 Å². The summed E-state index contributed by atoms with van der Waals surface area (Å²) in [6.45, 7) is 0.852. The van der Waals surface area contributed by atoms with E-state index in [2.05, 4.69) is 5.32 Å². The van der Waals surface area contributed by atoms with Crippen LogP contribution in [0.3, 0.4) is 0 Å². The molecule has 33 heavy (non-hydrogen) atoms. The fraction of sp³-hybridized carbons (Fsp3) is 0.429. The molecule has 0 aliphatic carbocycles. The summed E-state index contributed by atoms with van der Waals surface area (Å²) in [6, 6.07) is 8.77. The van der Waals surface area contributed by atoms with Gasteiger partial charge in [0.2, 0.25) is 16.8 Å². The van der Waals surface area contributed by atoms with Crippen LogP contribution in [0.5, 0.6) is 17.2 Å². The molecule has 2 N–H and O–H groups in total. The Labute approximate surface area is 191 Å². The molecule has 178 valence electrons. The Kier molecular flexibility index (Phi) is 6.86. The summed E-state index contributed by atoms with van der Waals surface area (Å²) < 4.78 is 43.1. The molecule has 1 unspecified atom stereocenters. The minimum atomic E-state index is -3.80. The van der Waals surface area contributed by atoms with Crippen molar-refractivity contribution in [3.8, 4) is 17.2 Å². The van der Waals surface area contributed by atoms with Crippen LogP contribution in [0.15, 0.2) is 41.3 Å². The van der Waals surface area contributed by atoms with E-state index in [1.54, 1.807) is 18.2 Å². The fourth-order valence-electron chi connectivity index (χ4n) is 3.67. The Hall–Kier alpha value is -3.09. The Bertz CT molecular complexity index is 1120. The van der Waals surface area contributed by atoms with E-state index < -0.39 is 21.1 Å². The van der Waals surface area contributed by atoms with Gasteiger partial charge in [-0.2, -0.15) is 4.31 Å². The summed E-state index contributed by atoms with van der Waals surface area (Å²) in [7, 11) is -3.80. The van der Waals surface area contributed by atoms with Crippen molar-refractivity contribution in [2.45, 2.75) is 30.3 Å². The van der Waals surface area contributed by atoms with E-state index >= 15 is 0 Å². The van der Waals surface area contributed by atoms with Crippen LogP contribution in [-0.2, 0) is 10.0 Å². The van der Waals surface area contributed by atoms with Crippen LogP contribution in [0.1, 0.15) is 19.3 Å². The lowest BCUT2D eigenvalue weighted by Crippen LogP contribution is -2.35. The molecule has 0 spiro atoms. The van der Waals surface area contributed by atoms with E-state index in [9.17, 15) is 23.6 Å². The third-order valence-electron chi connectivity index (χ3n) is 5.43. The van der Waals surface area contributed by atoms with Crippen molar-refractivity contribution in [3.63, 3.8) is 0 Å². The summed E-state index contributed by atoms with van der Waals surface area (Å²) in [5.41, 5.74) is -0.267. The SMILES string of the molecule is O=[N+]([O-])c1cc(S(=O)(=O)N2CCCCC2)ccc1NCC(O)COc1ccc2c(c1)OCO2. The number of piperidine rings is 1. The predicted octanol–water partition coefficient (Wildman–Crippen LogP) is 2.35. The monoisotopic (exact) mass is 479 g/mol. The summed E-state index contributed by atoms with van der Waals surface area (Å²) in [4.78, 5) is 10.8. The van der Waals surface area contributed by atoms with Gasteiger partial charge in [0.05, 0.1) is 9.82 Å². The zero-order valence-electron chi connectivity index (χ0n) is 17.8. The van der Waals surface area contributed by atoms with E-state index in [-0.39, 0.29) is 36.2 Å². The molecule has 0 saturated carbocycles. The van der Waals surface area contributed by atoms with Gasteiger partial charge >= 0.3 is 0 Å². The van der Waals surface area contributed by atoms with Crippen LogP contribution in [0.2, 0.25) is 0 Å². The Balaban J connectivity index is 1.38. The number of hydrogen-bond acceptors (Lipinski definition) is 9. The second-order valence-corrected chi connectivity index (χ2v) is 9.70. The highest BCUT2D eigenvalue weighted by atomic mass is 32.2. The van der Waals surface area contributed by atoms with Gasteiger partial charge in [0.15, 0.2) is 11.5 Å². The number of benzene rings is 2. The average Bonchev–Trinajstić information content (AvgIpc) is 3.29. The number of nitrogens with one attached hydrogen (secondary N) is 1. The molecule has 1 saturated heterocycles. The molecule has 2 aliphatic heterocycles. The van der Waals surface area contributed by atoms with E-state index in [4.69, 9.17) is 14.2 Å². The van der Waals surface area contributed by atoms with Crippen LogP contribution in [0, 0.1) is 10.1 Å². The van der Waals surface area contributed by atoms with Crippen LogP contribution < -0.4 is 19.5 Å².